The van der Waals surface area contributed by atoms with Gasteiger partial charge in [-0.2, -0.15) is 0 Å². The van der Waals surface area contributed by atoms with Crippen LogP contribution < -0.4 is 0 Å². The Labute approximate surface area is 56.5 Å². The molecular weight excluding hydrogens is 176 g/mol. The molecule has 0 aliphatic heterocycles. The molecule has 0 rings (SSSR count). The molecule has 0 aromatic rings. The van der Waals surface area contributed by atoms with Gasteiger partial charge in [-0.1, -0.05) is 15.9 Å². The standard InChI is InChI=1S/C3H7BrO.CH2O2/c4-2-1-3-5;2-1-3/h5H,1-3H2;1H,(H,2,3). The van der Waals surface area contributed by atoms with Crippen LogP contribution >= 0.6 is 15.9 Å². The molecule has 0 saturated heterocycles. The number of aliphatic hydroxyl groups is 1. The first-order valence-electron chi connectivity index (χ1n) is 2.08. The van der Waals surface area contributed by atoms with Gasteiger partial charge in [-0.15, -0.1) is 0 Å². The molecule has 4 heteroatoms. The predicted molar refractivity (Wildman–Crippen MR) is 34.2 cm³/mol. The first kappa shape index (κ1) is 10.8. The maximum absolute atomic E-state index is 8.36. The maximum atomic E-state index is 8.36. The summed E-state index contributed by atoms with van der Waals surface area (Å²) in [5.41, 5.74) is 0. The topological polar surface area (TPSA) is 57.5 Å². The average molecular weight is 185 g/mol. The van der Waals surface area contributed by atoms with Gasteiger partial charge < -0.3 is 10.2 Å². The quantitative estimate of drug-likeness (QED) is 0.485. The molecule has 8 heavy (non-hydrogen) atoms. The number of rotatable bonds is 2. The summed E-state index contributed by atoms with van der Waals surface area (Å²) in [5, 5.41) is 15.8. The van der Waals surface area contributed by atoms with Crippen molar-refractivity contribution in [2.24, 2.45) is 0 Å². The molecule has 0 spiro atoms. The first-order chi connectivity index (χ1) is 3.83. The molecule has 0 unspecified atom stereocenters. The Kier molecular flexibility index (Phi) is 21.3. The highest BCUT2D eigenvalue weighted by Gasteiger charge is 1.70. The van der Waals surface area contributed by atoms with E-state index in [9.17, 15) is 0 Å². The molecule has 0 atom stereocenters. The molecule has 0 aliphatic carbocycles. The van der Waals surface area contributed by atoms with Crippen LogP contribution in [0.3, 0.4) is 0 Å². The Balaban J connectivity index is 0. The van der Waals surface area contributed by atoms with E-state index in [0.29, 0.717) is 6.61 Å². The fourth-order valence-corrected chi connectivity index (χ4v) is 0.311. The fraction of sp³-hybridized carbons (Fsp3) is 0.750. The van der Waals surface area contributed by atoms with Crippen LogP contribution in [0.4, 0.5) is 0 Å². The van der Waals surface area contributed by atoms with E-state index < -0.39 is 0 Å². The van der Waals surface area contributed by atoms with E-state index in [2.05, 4.69) is 15.9 Å². The van der Waals surface area contributed by atoms with Crippen molar-refractivity contribution in [2.45, 2.75) is 6.42 Å². The van der Waals surface area contributed by atoms with Gasteiger partial charge in [-0.25, -0.2) is 0 Å². The number of halogens is 1. The van der Waals surface area contributed by atoms with E-state index in [4.69, 9.17) is 15.0 Å². The third-order valence-corrected chi connectivity index (χ3v) is 0.852. The van der Waals surface area contributed by atoms with Crippen LogP contribution in [-0.2, 0) is 4.79 Å². The molecule has 0 bridgehead atoms. The number of hydrogen-bond donors (Lipinski definition) is 2. The van der Waals surface area contributed by atoms with Gasteiger partial charge in [-0.3, -0.25) is 4.79 Å². The molecule has 0 aromatic carbocycles. The number of alkyl halides is 1. The van der Waals surface area contributed by atoms with Crippen molar-refractivity contribution in [3.05, 3.63) is 0 Å². The molecule has 50 valence electrons. The van der Waals surface area contributed by atoms with Crippen molar-refractivity contribution in [1.29, 1.82) is 0 Å². The molecular formula is C4H9BrO3. The van der Waals surface area contributed by atoms with Gasteiger partial charge in [0.05, 0.1) is 0 Å². The summed E-state index contributed by atoms with van der Waals surface area (Å²) in [4.78, 5) is 8.36. The summed E-state index contributed by atoms with van der Waals surface area (Å²) in [5.74, 6) is 0. The Morgan fingerprint density at radius 2 is 2.00 bits per heavy atom. The molecule has 0 fully saturated rings. The zero-order chi connectivity index (χ0) is 6.83. The maximum Gasteiger partial charge on any atom is 0.290 e. The van der Waals surface area contributed by atoms with Crippen molar-refractivity contribution in [3.63, 3.8) is 0 Å². The fourth-order valence-electron chi connectivity index (χ4n) is 0.0598. The number of hydrogen-bond acceptors (Lipinski definition) is 2. The average Bonchev–Trinajstić information content (AvgIpc) is 1.71. The van der Waals surface area contributed by atoms with Gasteiger partial charge in [0.15, 0.2) is 0 Å². The van der Waals surface area contributed by atoms with Crippen molar-refractivity contribution in [2.75, 3.05) is 11.9 Å². The molecule has 0 aliphatic rings. The summed E-state index contributed by atoms with van der Waals surface area (Å²) in [6, 6.07) is 0. The Morgan fingerprint density at radius 3 is 2.00 bits per heavy atom. The smallest absolute Gasteiger partial charge is 0.290 e. The summed E-state index contributed by atoms with van der Waals surface area (Å²) in [7, 11) is 0. The Bertz CT molecular complexity index is 38.3. The summed E-state index contributed by atoms with van der Waals surface area (Å²) in [6.45, 7) is 0.0469. The van der Waals surface area contributed by atoms with E-state index in [-0.39, 0.29) is 6.47 Å². The van der Waals surface area contributed by atoms with Crippen molar-refractivity contribution in [1.82, 2.24) is 0 Å². The third-order valence-electron chi connectivity index (χ3n) is 0.292. The minimum Gasteiger partial charge on any atom is -0.483 e. The van der Waals surface area contributed by atoms with Crippen molar-refractivity contribution < 1.29 is 15.0 Å². The lowest BCUT2D eigenvalue weighted by molar-refractivity contribution is -0.122. The largest absolute Gasteiger partial charge is 0.483 e. The second kappa shape index (κ2) is 15.8. The number of carboxylic acid groups (broad SMARTS) is 1. The van der Waals surface area contributed by atoms with E-state index in [1.165, 1.54) is 0 Å². The van der Waals surface area contributed by atoms with Crippen LogP contribution in [-0.4, -0.2) is 28.6 Å². The number of carbonyl (C=O) groups is 1. The lowest BCUT2D eigenvalue weighted by atomic mass is 10.5. The van der Waals surface area contributed by atoms with Crippen LogP contribution in [0.25, 0.3) is 0 Å². The zero-order valence-electron chi connectivity index (χ0n) is 4.38. The van der Waals surface area contributed by atoms with Crippen LogP contribution in [0, 0.1) is 0 Å². The minimum atomic E-state index is -0.250. The normalized spacial score (nSPS) is 6.75. The van der Waals surface area contributed by atoms with Crippen LogP contribution in [0.5, 0.6) is 0 Å². The highest BCUT2D eigenvalue weighted by Crippen LogP contribution is 1.81. The highest BCUT2D eigenvalue weighted by molar-refractivity contribution is 9.09. The second-order valence-electron chi connectivity index (χ2n) is 0.872. The summed E-state index contributed by atoms with van der Waals surface area (Å²) >= 11 is 3.15. The molecule has 0 aromatic heterocycles. The van der Waals surface area contributed by atoms with Crippen molar-refractivity contribution in [3.8, 4) is 0 Å². The molecule has 0 saturated carbocycles. The molecule has 0 heterocycles. The first-order valence-corrected chi connectivity index (χ1v) is 3.20. The Hall–Kier alpha value is -0.0900. The highest BCUT2D eigenvalue weighted by atomic mass is 79.9. The van der Waals surface area contributed by atoms with Crippen LogP contribution in [0.1, 0.15) is 6.42 Å². The van der Waals surface area contributed by atoms with E-state index >= 15 is 0 Å². The SMILES string of the molecule is O=CO.OCCCBr. The summed E-state index contributed by atoms with van der Waals surface area (Å²) < 4.78 is 0. The predicted octanol–water partition coefficient (Wildman–Crippen LogP) is 0.464. The second-order valence-corrected chi connectivity index (χ2v) is 1.66. The van der Waals surface area contributed by atoms with Crippen LogP contribution in [0.2, 0.25) is 0 Å². The monoisotopic (exact) mass is 184 g/mol. The van der Waals surface area contributed by atoms with Gasteiger partial charge >= 0.3 is 0 Å². The zero-order valence-corrected chi connectivity index (χ0v) is 5.97. The molecule has 0 amide bonds. The molecule has 3 nitrogen and oxygen atoms in total. The van der Waals surface area contributed by atoms with Gasteiger partial charge in [-0.05, 0) is 6.42 Å². The van der Waals surface area contributed by atoms with Gasteiger partial charge in [0.2, 0.25) is 0 Å². The third kappa shape index (κ3) is 39.1. The van der Waals surface area contributed by atoms with E-state index in [1.54, 1.807) is 0 Å². The minimum absolute atomic E-state index is 0.250. The summed E-state index contributed by atoms with van der Waals surface area (Å²) in [6.07, 6.45) is 0.861. The molecule has 2 N–H and O–H groups in total. The van der Waals surface area contributed by atoms with E-state index in [1.807, 2.05) is 0 Å². The van der Waals surface area contributed by atoms with Crippen molar-refractivity contribution >= 4 is 22.4 Å². The molecule has 0 radical (unpaired) electrons. The van der Waals surface area contributed by atoms with Gasteiger partial charge in [0.1, 0.15) is 0 Å². The lowest BCUT2D eigenvalue weighted by Gasteiger charge is -1.78. The lowest BCUT2D eigenvalue weighted by Crippen LogP contribution is -1.78. The Morgan fingerprint density at radius 1 is 1.62 bits per heavy atom. The van der Waals surface area contributed by atoms with Gasteiger partial charge in [0, 0.05) is 11.9 Å². The van der Waals surface area contributed by atoms with E-state index in [0.717, 1.165) is 11.8 Å². The van der Waals surface area contributed by atoms with Crippen LogP contribution in [0.15, 0.2) is 0 Å². The number of aliphatic hydroxyl groups excluding tert-OH is 1. The van der Waals surface area contributed by atoms with Gasteiger partial charge in [0.25, 0.3) is 6.47 Å².